The predicted octanol–water partition coefficient (Wildman–Crippen LogP) is 8.45. The minimum Gasteiger partial charge on any atom is -0.303 e. The topological polar surface area (TPSA) is 79.7 Å². The number of aromatic nitrogens is 1. The fourth-order valence-electron chi connectivity index (χ4n) is 4.51. The molecule has 1 aromatic rings. The van der Waals surface area contributed by atoms with Crippen molar-refractivity contribution < 1.29 is 18.9 Å². The second-order valence-electron chi connectivity index (χ2n) is 9.27. The zero-order valence-electron chi connectivity index (χ0n) is 20.6. The Kier molecular flexibility index (Phi) is 16.2. The van der Waals surface area contributed by atoms with Gasteiger partial charge in [-0.05, 0) is 18.9 Å². The molecular formula is C26H48NO4P. The second-order valence-corrected chi connectivity index (χ2v) is 10.4. The second kappa shape index (κ2) is 17.7. The number of unbranched alkanes of at least 4 members (excludes halogenated alkanes) is 14. The van der Waals surface area contributed by atoms with Crippen LogP contribution in [0.3, 0.4) is 0 Å². The molecule has 0 fully saturated rings. The molecule has 0 aliphatic heterocycles. The summed E-state index contributed by atoms with van der Waals surface area (Å²) in [6, 6.07) is 3.73. The SMILES string of the molecule is CCCCCCCCCCCCC(CCCCCCCC)(OP(=O)(O)O)c1cccnc1. The molecule has 1 heterocycles. The molecule has 0 aliphatic carbocycles. The van der Waals surface area contributed by atoms with E-state index in [0.717, 1.165) is 37.7 Å². The van der Waals surface area contributed by atoms with E-state index in [1.807, 2.05) is 12.1 Å². The largest absolute Gasteiger partial charge is 0.470 e. The van der Waals surface area contributed by atoms with Gasteiger partial charge < -0.3 is 9.79 Å². The third-order valence-electron chi connectivity index (χ3n) is 6.35. The van der Waals surface area contributed by atoms with Crippen LogP contribution in [0.4, 0.5) is 0 Å². The monoisotopic (exact) mass is 469 g/mol. The highest BCUT2D eigenvalue weighted by Gasteiger charge is 2.39. The quantitative estimate of drug-likeness (QED) is 0.139. The van der Waals surface area contributed by atoms with E-state index in [1.54, 1.807) is 12.4 Å². The minimum atomic E-state index is -4.63. The molecule has 1 unspecified atom stereocenters. The van der Waals surface area contributed by atoms with E-state index in [9.17, 15) is 14.4 Å². The van der Waals surface area contributed by atoms with E-state index in [1.165, 1.54) is 70.6 Å². The van der Waals surface area contributed by atoms with Gasteiger partial charge in [0.1, 0.15) is 5.60 Å². The summed E-state index contributed by atoms with van der Waals surface area (Å²) >= 11 is 0. The van der Waals surface area contributed by atoms with Crippen LogP contribution in [0.1, 0.15) is 135 Å². The molecule has 0 aromatic carbocycles. The predicted molar refractivity (Wildman–Crippen MR) is 133 cm³/mol. The summed E-state index contributed by atoms with van der Waals surface area (Å²) < 4.78 is 17.5. The molecule has 0 saturated heterocycles. The number of phosphoric acid groups is 1. The van der Waals surface area contributed by atoms with Gasteiger partial charge in [-0.15, -0.1) is 0 Å². The normalized spacial score (nSPS) is 13.9. The van der Waals surface area contributed by atoms with Crippen molar-refractivity contribution in [1.82, 2.24) is 4.98 Å². The van der Waals surface area contributed by atoms with Gasteiger partial charge in [-0.3, -0.25) is 9.51 Å². The highest BCUT2D eigenvalue weighted by atomic mass is 31.2. The number of rotatable bonds is 21. The van der Waals surface area contributed by atoms with Crippen LogP contribution < -0.4 is 0 Å². The highest BCUT2D eigenvalue weighted by Crippen LogP contribution is 2.50. The first-order valence-corrected chi connectivity index (χ1v) is 14.6. The Morgan fingerprint density at radius 3 is 1.59 bits per heavy atom. The maximum absolute atomic E-state index is 11.9. The first-order valence-electron chi connectivity index (χ1n) is 13.1. The molecule has 2 N–H and O–H groups in total. The first-order chi connectivity index (χ1) is 15.4. The Bertz CT molecular complexity index is 607. The number of pyridine rings is 1. The average molecular weight is 470 g/mol. The van der Waals surface area contributed by atoms with Gasteiger partial charge >= 0.3 is 7.82 Å². The summed E-state index contributed by atoms with van der Waals surface area (Å²) in [5.74, 6) is 0. The van der Waals surface area contributed by atoms with Crippen LogP contribution in [0.5, 0.6) is 0 Å². The van der Waals surface area contributed by atoms with Crippen molar-refractivity contribution in [3.63, 3.8) is 0 Å². The summed E-state index contributed by atoms with van der Waals surface area (Å²) in [5, 5.41) is 0. The molecule has 1 atom stereocenters. The number of phosphoric ester groups is 1. The summed E-state index contributed by atoms with van der Waals surface area (Å²) in [6.45, 7) is 4.45. The summed E-state index contributed by atoms with van der Waals surface area (Å²) in [5.41, 5.74) is -0.175. The first kappa shape index (κ1) is 29.3. The molecule has 0 spiro atoms. The fraction of sp³-hybridized carbons (Fsp3) is 0.808. The zero-order chi connectivity index (χ0) is 23.5. The lowest BCUT2D eigenvalue weighted by molar-refractivity contribution is 0.0102. The Labute approximate surface area is 197 Å². The lowest BCUT2D eigenvalue weighted by Crippen LogP contribution is -2.29. The summed E-state index contributed by atoms with van der Waals surface area (Å²) in [7, 11) is -4.63. The van der Waals surface area contributed by atoms with Gasteiger partial charge in [0.25, 0.3) is 0 Å². The minimum absolute atomic E-state index is 0.618. The molecule has 186 valence electrons. The Balaban J connectivity index is 2.62. The van der Waals surface area contributed by atoms with Gasteiger partial charge in [-0.2, -0.15) is 0 Å². The third-order valence-corrected chi connectivity index (χ3v) is 6.94. The Morgan fingerprint density at radius 2 is 1.22 bits per heavy atom. The van der Waals surface area contributed by atoms with Crippen molar-refractivity contribution >= 4 is 7.82 Å². The van der Waals surface area contributed by atoms with Gasteiger partial charge in [0.05, 0.1) is 0 Å². The molecule has 5 nitrogen and oxygen atoms in total. The van der Waals surface area contributed by atoms with Crippen LogP contribution in [0, 0.1) is 0 Å². The standard InChI is InChI=1S/C26H48NO4P/c1-3-5-7-9-11-12-13-14-16-18-22-26(31-32(28,29)30,25-20-19-23-27-24-25)21-17-15-10-8-6-4-2/h19-20,23-24H,3-18,21-22H2,1-2H3,(H2,28,29,30). The maximum atomic E-state index is 11.9. The highest BCUT2D eigenvalue weighted by molar-refractivity contribution is 7.46. The fourth-order valence-corrected chi connectivity index (χ4v) is 5.25. The van der Waals surface area contributed by atoms with E-state index in [-0.39, 0.29) is 0 Å². The molecular weight excluding hydrogens is 421 g/mol. The lowest BCUT2D eigenvalue weighted by atomic mass is 9.84. The molecule has 0 saturated carbocycles. The van der Waals surface area contributed by atoms with Crippen LogP contribution in [-0.2, 0) is 14.7 Å². The van der Waals surface area contributed by atoms with Crippen molar-refractivity contribution in [2.45, 2.75) is 135 Å². The molecule has 1 rings (SSSR count). The van der Waals surface area contributed by atoms with Crippen LogP contribution in [-0.4, -0.2) is 14.8 Å². The van der Waals surface area contributed by atoms with Crippen molar-refractivity contribution in [2.75, 3.05) is 0 Å². The molecule has 32 heavy (non-hydrogen) atoms. The van der Waals surface area contributed by atoms with Gasteiger partial charge in [-0.25, -0.2) is 4.57 Å². The van der Waals surface area contributed by atoms with E-state index in [0.29, 0.717) is 12.8 Å². The molecule has 0 radical (unpaired) electrons. The molecule has 0 amide bonds. The Hall–Kier alpha value is -0.740. The summed E-state index contributed by atoms with van der Waals surface area (Å²) in [6.07, 6.45) is 23.7. The van der Waals surface area contributed by atoms with Gasteiger partial charge in [0, 0.05) is 18.0 Å². The van der Waals surface area contributed by atoms with E-state index in [2.05, 4.69) is 18.8 Å². The molecule has 0 aliphatic rings. The van der Waals surface area contributed by atoms with Crippen molar-refractivity contribution in [3.8, 4) is 0 Å². The van der Waals surface area contributed by atoms with E-state index >= 15 is 0 Å². The third kappa shape index (κ3) is 13.7. The smallest absolute Gasteiger partial charge is 0.303 e. The van der Waals surface area contributed by atoms with Crippen molar-refractivity contribution in [2.24, 2.45) is 0 Å². The molecule has 0 bridgehead atoms. The van der Waals surface area contributed by atoms with Gasteiger partial charge in [0.2, 0.25) is 0 Å². The Morgan fingerprint density at radius 1 is 0.781 bits per heavy atom. The average Bonchev–Trinajstić information content (AvgIpc) is 2.77. The molecule has 6 heteroatoms. The zero-order valence-corrected chi connectivity index (χ0v) is 21.5. The van der Waals surface area contributed by atoms with Crippen molar-refractivity contribution in [3.05, 3.63) is 30.1 Å². The molecule has 1 aromatic heterocycles. The number of hydrogen-bond donors (Lipinski definition) is 2. The van der Waals surface area contributed by atoms with E-state index < -0.39 is 13.4 Å². The van der Waals surface area contributed by atoms with Crippen LogP contribution >= 0.6 is 7.82 Å². The van der Waals surface area contributed by atoms with Gasteiger partial charge in [0.15, 0.2) is 0 Å². The van der Waals surface area contributed by atoms with Gasteiger partial charge in [-0.1, -0.05) is 123 Å². The lowest BCUT2D eigenvalue weighted by Gasteiger charge is -2.34. The summed E-state index contributed by atoms with van der Waals surface area (Å²) in [4.78, 5) is 23.6. The number of nitrogens with zero attached hydrogens (tertiary/aromatic N) is 1. The maximum Gasteiger partial charge on any atom is 0.470 e. The number of hydrogen-bond acceptors (Lipinski definition) is 3. The van der Waals surface area contributed by atoms with Crippen LogP contribution in [0.15, 0.2) is 24.5 Å². The van der Waals surface area contributed by atoms with E-state index in [4.69, 9.17) is 4.52 Å². The van der Waals surface area contributed by atoms with Crippen LogP contribution in [0.2, 0.25) is 0 Å². The van der Waals surface area contributed by atoms with Crippen molar-refractivity contribution in [1.29, 1.82) is 0 Å². The van der Waals surface area contributed by atoms with Crippen LogP contribution in [0.25, 0.3) is 0 Å².